The molecule has 0 spiro atoms. The highest BCUT2D eigenvalue weighted by Crippen LogP contribution is 2.26. The first kappa shape index (κ1) is 11.5. The van der Waals surface area contributed by atoms with Gasteiger partial charge in [-0.1, -0.05) is 6.07 Å². The van der Waals surface area contributed by atoms with E-state index in [1.54, 1.807) is 0 Å². The van der Waals surface area contributed by atoms with Crippen LogP contribution in [0.5, 0.6) is 0 Å². The maximum atomic E-state index is 12.9. The van der Waals surface area contributed by atoms with Gasteiger partial charge in [0.25, 0.3) is 5.92 Å². The quantitative estimate of drug-likeness (QED) is 0.786. The largest absolute Gasteiger partial charge is 0.297 e. The molecule has 0 aromatic carbocycles. The lowest BCUT2D eigenvalue weighted by molar-refractivity contribution is 0.0123. The lowest BCUT2D eigenvalue weighted by atomic mass is 10.2. The molecule has 0 aliphatic carbocycles. The van der Waals surface area contributed by atoms with Gasteiger partial charge >= 0.3 is 0 Å². The second kappa shape index (κ2) is 4.45. The normalized spacial score (nSPS) is 20.2. The predicted octanol–water partition coefficient (Wildman–Crippen LogP) is 2.27. The summed E-state index contributed by atoms with van der Waals surface area (Å²) >= 11 is 0. The average Bonchev–Trinajstić information content (AvgIpc) is 2.58. The number of nitrogens with zero attached hydrogens (tertiary/aromatic N) is 2. The van der Waals surface area contributed by atoms with Crippen LogP contribution in [0.15, 0.2) is 18.3 Å². The standard InChI is InChI=1S/C12H16F2N2/c1-10-2-3-11(15-8-10)4-6-16-7-5-12(13,14)9-16/h2-3,8H,4-7,9H2,1H3. The number of likely N-dealkylation sites (tertiary alicyclic amines) is 1. The fraction of sp³-hybridized carbons (Fsp3) is 0.583. The third kappa shape index (κ3) is 2.98. The van der Waals surface area contributed by atoms with Crippen LogP contribution < -0.4 is 0 Å². The van der Waals surface area contributed by atoms with E-state index in [0.29, 0.717) is 13.1 Å². The molecule has 0 atom stereocenters. The van der Waals surface area contributed by atoms with Crippen molar-refractivity contribution in [3.8, 4) is 0 Å². The summed E-state index contributed by atoms with van der Waals surface area (Å²) in [5.74, 6) is -2.49. The molecule has 1 saturated heterocycles. The van der Waals surface area contributed by atoms with Crippen molar-refractivity contribution < 1.29 is 8.78 Å². The molecule has 1 aromatic rings. The van der Waals surface area contributed by atoms with Crippen molar-refractivity contribution >= 4 is 0 Å². The monoisotopic (exact) mass is 226 g/mol. The van der Waals surface area contributed by atoms with Crippen molar-refractivity contribution in [2.24, 2.45) is 0 Å². The third-order valence-corrected chi connectivity index (χ3v) is 2.91. The number of hydrogen-bond donors (Lipinski definition) is 0. The first-order valence-electron chi connectivity index (χ1n) is 5.57. The Bertz CT molecular complexity index is 349. The Morgan fingerprint density at radius 1 is 1.44 bits per heavy atom. The molecule has 88 valence electrons. The zero-order chi connectivity index (χ0) is 11.6. The van der Waals surface area contributed by atoms with E-state index in [9.17, 15) is 8.78 Å². The smallest absolute Gasteiger partial charge is 0.261 e. The minimum atomic E-state index is -2.49. The summed E-state index contributed by atoms with van der Waals surface area (Å²) in [6.45, 7) is 3.06. The fourth-order valence-corrected chi connectivity index (χ4v) is 1.92. The summed E-state index contributed by atoms with van der Waals surface area (Å²) in [5, 5.41) is 0. The fourth-order valence-electron chi connectivity index (χ4n) is 1.92. The third-order valence-electron chi connectivity index (χ3n) is 2.91. The molecule has 2 heterocycles. The van der Waals surface area contributed by atoms with Gasteiger partial charge in [0, 0.05) is 37.8 Å². The van der Waals surface area contributed by atoms with Crippen LogP contribution in [0.3, 0.4) is 0 Å². The second-order valence-electron chi connectivity index (χ2n) is 4.46. The Morgan fingerprint density at radius 3 is 2.81 bits per heavy atom. The van der Waals surface area contributed by atoms with Crippen molar-refractivity contribution in [3.05, 3.63) is 29.6 Å². The Kier molecular flexibility index (Phi) is 3.19. The van der Waals surface area contributed by atoms with Gasteiger partial charge in [-0.2, -0.15) is 0 Å². The molecule has 0 unspecified atom stereocenters. The molecule has 0 bridgehead atoms. The van der Waals surface area contributed by atoms with Gasteiger partial charge in [0.2, 0.25) is 0 Å². The summed E-state index contributed by atoms with van der Waals surface area (Å²) in [5.41, 5.74) is 2.09. The Morgan fingerprint density at radius 2 is 2.25 bits per heavy atom. The van der Waals surface area contributed by atoms with Gasteiger partial charge in [-0.25, -0.2) is 8.78 Å². The SMILES string of the molecule is Cc1ccc(CCN2CCC(F)(F)C2)nc1. The van der Waals surface area contributed by atoms with E-state index in [2.05, 4.69) is 4.98 Å². The van der Waals surface area contributed by atoms with Crippen LogP contribution >= 0.6 is 0 Å². The molecule has 2 nitrogen and oxygen atoms in total. The number of alkyl halides is 2. The van der Waals surface area contributed by atoms with Gasteiger partial charge in [-0.05, 0) is 18.6 Å². The molecule has 0 radical (unpaired) electrons. The first-order valence-corrected chi connectivity index (χ1v) is 5.57. The van der Waals surface area contributed by atoms with Gasteiger partial charge < -0.3 is 0 Å². The Balaban J connectivity index is 1.82. The lowest BCUT2D eigenvalue weighted by Gasteiger charge is -2.14. The number of aromatic nitrogens is 1. The second-order valence-corrected chi connectivity index (χ2v) is 4.46. The van der Waals surface area contributed by atoms with E-state index in [1.807, 2.05) is 30.2 Å². The molecule has 1 aromatic heterocycles. The van der Waals surface area contributed by atoms with Crippen molar-refractivity contribution in [2.75, 3.05) is 19.6 Å². The predicted molar refractivity (Wildman–Crippen MR) is 58.7 cm³/mol. The number of hydrogen-bond acceptors (Lipinski definition) is 2. The number of rotatable bonds is 3. The summed E-state index contributed by atoms with van der Waals surface area (Å²) in [6, 6.07) is 3.96. The molecular weight excluding hydrogens is 210 g/mol. The number of halogens is 2. The van der Waals surface area contributed by atoms with Crippen molar-refractivity contribution in [3.63, 3.8) is 0 Å². The highest BCUT2D eigenvalue weighted by molar-refractivity contribution is 5.12. The van der Waals surface area contributed by atoms with E-state index in [1.165, 1.54) is 0 Å². The highest BCUT2D eigenvalue weighted by atomic mass is 19.3. The summed E-state index contributed by atoms with van der Waals surface area (Å²) in [7, 11) is 0. The summed E-state index contributed by atoms with van der Waals surface area (Å²) in [6.07, 6.45) is 2.55. The van der Waals surface area contributed by atoms with Crippen LogP contribution in [0.2, 0.25) is 0 Å². The number of aryl methyl sites for hydroxylation is 1. The van der Waals surface area contributed by atoms with Crippen molar-refractivity contribution in [1.29, 1.82) is 0 Å². The van der Waals surface area contributed by atoms with Gasteiger partial charge in [0.05, 0.1) is 6.54 Å². The zero-order valence-corrected chi connectivity index (χ0v) is 9.42. The average molecular weight is 226 g/mol. The van der Waals surface area contributed by atoms with Crippen molar-refractivity contribution in [2.45, 2.75) is 25.7 Å². The maximum Gasteiger partial charge on any atom is 0.261 e. The van der Waals surface area contributed by atoms with Crippen LogP contribution in [0.25, 0.3) is 0 Å². The molecule has 0 amide bonds. The molecule has 1 aliphatic heterocycles. The van der Waals surface area contributed by atoms with E-state index in [0.717, 1.165) is 17.7 Å². The van der Waals surface area contributed by atoms with Gasteiger partial charge in [-0.3, -0.25) is 9.88 Å². The van der Waals surface area contributed by atoms with E-state index >= 15 is 0 Å². The van der Waals surface area contributed by atoms with E-state index < -0.39 is 5.92 Å². The molecule has 1 fully saturated rings. The van der Waals surface area contributed by atoms with E-state index in [-0.39, 0.29) is 13.0 Å². The van der Waals surface area contributed by atoms with Crippen LogP contribution in [-0.2, 0) is 6.42 Å². The first-order chi connectivity index (χ1) is 7.55. The zero-order valence-electron chi connectivity index (χ0n) is 9.42. The minimum absolute atomic E-state index is 0.00563. The van der Waals surface area contributed by atoms with Crippen LogP contribution in [0.4, 0.5) is 8.78 Å². The molecule has 16 heavy (non-hydrogen) atoms. The van der Waals surface area contributed by atoms with Crippen LogP contribution in [0.1, 0.15) is 17.7 Å². The molecule has 0 saturated carbocycles. The minimum Gasteiger partial charge on any atom is -0.297 e. The molecular formula is C12H16F2N2. The topological polar surface area (TPSA) is 16.1 Å². The van der Waals surface area contributed by atoms with Crippen molar-refractivity contribution in [1.82, 2.24) is 9.88 Å². The van der Waals surface area contributed by atoms with Gasteiger partial charge in [0.15, 0.2) is 0 Å². The molecule has 2 rings (SSSR count). The number of pyridine rings is 1. The van der Waals surface area contributed by atoms with Gasteiger partial charge in [-0.15, -0.1) is 0 Å². The molecule has 4 heteroatoms. The summed E-state index contributed by atoms with van der Waals surface area (Å²) in [4.78, 5) is 6.07. The Hall–Kier alpha value is -1.03. The van der Waals surface area contributed by atoms with Gasteiger partial charge in [0.1, 0.15) is 0 Å². The maximum absolute atomic E-state index is 12.9. The Labute approximate surface area is 94.3 Å². The molecule has 1 aliphatic rings. The molecule has 0 N–H and O–H groups in total. The van der Waals surface area contributed by atoms with E-state index in [4.69, 9.17) is 0 Å². The highest BCUT2D eigenvalue weighted by Gasteiger charge is 2.37. The lowest BCUT2D eigenvalue weighted by Crippen LogP contribution is -2.27. The summed E-state index contributed by atoms with van der Waals surface area (Å²) < 4.78 is 25.8. The van der Waals surface area contributed by atoms with Crippen LogP contribution in [-0.4, -0.2) is 35.4 Å². The van der Waals surface area contributed by atoms with Crippen LogP contribution in [0, 0.1) is 6.92 Å².